The van der Waals surface area contributed by atoms with Gasteiger partial charge in [-0.05, 0) is 30.5 Å². The van der Waals surface area contributed by atoms with Crippen molar-refractivity contribution in [2.24, 2.45) is 5.92 Å². The molecule has 1 aliphatic rings. The lowest BCUT2D eigenvalue weighted by molar-refractivity contribution is -0.137. The second-order valence-corrected chi connectivity index (χ2v) is 4.94. The number of benzene rings is 1. The van der Waals surface area contributed by atoms with E-state index >= 15 is 0 Å². The van der Waals surface area contributed by atoms with Crippen LogP contribution >= 0.6 is 0 Å². The fourth-order valence-electron chi connectivity index (χ4n) is 2.53. The quantitative estimate of drug-likeness (QED) is 0.824. The number of alkyl halides is 3. The number of nitrogens with one attached hydrogen (secondary N) is 1. The zero-order valence-corrected chi connectivity index (χ0v) is 10.3. The summed E-state index contributed by atoms with van der Waals surface area (Å²) in [6.07, 6.45) is 1.93. The first-order chi connectivity index (χ1) is 8.55. The molecule has 0 spiro atoms. The molecule has 1 fully saturated rings. The molecule has 0 aromatic heterocycles. The van der Waals surface area contributed by atoms with Crippen molar-refractivity contribution in [3.8, 4) is 0 Å². The zero-order chi connectivity index (χ0) is 13.0. The Morgan fingerprint density at radius 2 is 1.89 bits per heavy atom. The van der Waals surface area contributed by atoms with E-state index in [-0.39, 0.29) is 0 Å². The highest BCUT2D eigenvalue weighted by Crippen LogP contribution is 2.31. The molecule has 4 heteroatoms. The van der Waals surface area contributed by atoms with E-state index in [4.69, 9.17) is 0 Å². The van der Waals surface area contributed by atoms with Gasteiger partial charge < -0.3 is 5.32 Å². The molecule has 0 heterocycles. The van der Waals surface area contributed by atoms with Crippen LogP contribution in [0.4, 0.5) is 18.9 Å². The topological polar surface area (TPSA) is 12.0 Å². The Hall–Kier alpha value is -1.19. The van der Waals surface area contributed by atoms with E-state index in [1.807, 2.05) is 0 Å². The van der Waals surface area contributed by atoms with Crippen LogP contribution in [-0.4, -0.2) is 6.54 Å². The normalized spacial score (nSPS) is 17.1. The number of halogens is 3. The Balaban J connectivity index is 1.85. The van der Waals surface area contributed by atoms with Gasteiger partial charge in [0.25, 0.3) is 0 Å². The SMILES string of the molecule is FC(F)(F)c1cccc(NCCC2CCCC2)c1. The largest absolute Gasteiger partial charge is 0.416 e. The summed E-state index contributed by atoms with van der Waals surface area (Å²) in [6.45, 7) is 0.756. The molecule has 1 aromatic rings. The van der Waals surface area contributed by atoms with Gasteiger partial charge in [-0.2, -0.15) is 13.2 Å². The molecule has 0 aliphatic heterocycles. The van der Waals surface area contributed by atoms with Gasteiger partial charge in [-0.25, -0.2) is 0 Å². The molecule has 1 nitrogen and oxygen atoms in total. The average molecular weight is 257 g/mol. The molecule has 100 valence electrons. The van der Waals surface area contributed by atoms with Gasteiger partial charge in [0, 0.05) is 12.2 Å². The third-order valence-electron chi connectivity index (χ3n) is 3.55. The summed E-state index contributed by atoms with van der Waals surface area (Å²) in [5.41, 5.74) is -0.0313. The van der Waals surface area contributed by atoms with Gasteiger partial charge in [-0.15, -0.1) is 0 Å². The fraction of sp³-hybridized carbons (Fsp3) is 0.571. The molecule has 0 saturated heterocycles. The molecule has 1 aliphatic carbocycles. The minimum absolute atomic E-state index is 0.558. The molecule has 1 aromatic carbocycles. The Morgan fingerprint density at radius 3 is 2.56 bits per heavy atom. The smallest absolute Gasteiger partial charge is 0.385 e. The van der Waals surface area contributed by atoms with Crippen molar-refractivity contribution in [2.75, 3.05) is 11.9 Å². The fourth-order valence-corrected chi connectivity index (χ4v) is 2.53. The summed E-state index contributed by atoms with van der Waals surface area (Å²) in [6, 6.07) is 5.40. The molecule has 0 radical (unpaired) electrons. The maximum absolute atomic E-state index is 12.5. The molecule has 2 rings (SSSR count). The summed E-state index contributed by atoms with van der Waals surface area (Å²) >= 11 is 0. The van der Waals surface area contributed by atoms with Gasteiger partial charge in [-0.1, -0.05) is 31.7 Å². The van der Waals surface area contributed by atoms with Gasteiger partial charge in [0.15, 0.2) is 0 Å². The van der Waals surface area contributed by atoms with Crippen molar-refractivity contribution in [3.63, 3.8) is 0 Å². The predicted molar refractivity (Wildman–Crippen MR) is 66.5 cm³/mol. The number of hydrogen-bond donors (Lipinski definition) is 1. The number of rotatable bonds is 4. The third-order valence-corrected chi connectivity index (χ3v) is 3.55. The lowest BCUT2D eigenvalue weighted by atomic mass is 10.0. The summed E-state index contributed by atoms with van der Waals surface area (Å²) < 4.78 is 37.5. The molecule has 0 amide bonds. The van der Waals surface area contributed by atoms with E-state index in [9.17, 15) is 13.2 Å². The average Bonchev–Trinajstić information content (AvgIpc) is 2.81. The molecule has 1 N–H and O–H groups in total. The Kier molecular flexibility index (Phi) is 4.15. The van der Waals surface area contributed by atoms with Crippen molar-refractivity contribution in [1.82, 2.24) is 0 Å². The van der Waals surface area contributed by atoms with E-state index in [1.165, 1.54) is 37.8 Å². The highest BCUT2D eigenvalue weighted by molar-refractivity contribution is 5.46. The van der Waals surface area contributed by atoms with Crippen LogP contribution in [0.2, 0.25) is 0 Å². The van der Waals surface area contributed by atoms with Crippen molar-refractivity contribution in [3.05, 3.63) is 29.8 Å². The van der Waals surface area contributed by atoms with Gasteiger partial charge >= 0.3 is 6.18 Å². The van der Waals surface area contributed by atoms with Crippen LogP contribution in [0, 0.1) is 5.92 Å². The summed E-state index contributed by atoms with van der Waals surface area (Å²) in [5.74, 6) is 0.753. The van der Waals surface area contributed by atoms with E-state index < -0.39 is 11.7 Å². The zero-order valence-electron chi connectivity index (χ0n) is 10.3. The van der Waals surface area contributed by atoms with Crippen LogP contribution in [0.25, 0.3) is 0 Å². The summed E-state index contributed by atoms with van der Waals surface area (Å²) in [4.78, 5) is 0. The molecule has 18 heavy (non-hydrogen) atoms. The second-order valence-electron chi connectivity index (χ2n) is 4.94. The van der Waals surface area contributed by atoms with Crippen molar-refractivity contribution in [1.29, 1.82) is 0 Å². The first-order valence-electron chi connectivity index (χ1n) is 6.47. The van der Waals surface area contributed by atoms with Gasteiger partial charge in [-0.3, -0.25) is 0 Å². The maximum atomic E-state index is 12.5. The van der Waals surface area contributed by atoms with E-state index in [0.29, 0.717) is 5.69 Å². The Morgan fingerprint density at radius 1 is 1.17 bits per heavy atom. The van der Waals surface area contributed by atoms with E-state index in [0.717, 1.165) is 24.9 Å². The van der Waals surface area contributed by atoms with E-state index in [2.05, 4.69) is 5.32 Å². The first kappa shape index (κ1) is 13.2. The standard InChI is InChI=1S/C14H18F3N/c15-14(16,17)12-6-3-7-13(10-12)18-9-8-11-4-1-2-5-11/h3,6-7,10-11,18H,1-2,4-5,8-9H2. The first-order valence-corrected chi connectivity index (χ1v) is 6.47. The summed E-state index contributed by atoms with van der Waals surface area (Å²) in [5, 5.41) is 3.08. The van der Waals surface area contributed by atoms with Gasteiger partial charge in [0.1, 0.15) is 0 Å². The van der Waals surface area contributed by atoms with Crippen LogP contribution in [0.3, 0.4) is 0 Å². The summed E-state index contributed by atoms with van der Waals surface area (Å²) in [7, 11) is 0. The van der Waals surface area contributed by atoms with Crippen LogP contribution < -0.4 is 5.32 Å². The highest BCUT2D eigenvalue weighted by atomic mass is 19.4. The minimum atomic E-state index is -4.26. The lowest BCUT2D eigenvalue weighted by Gasteiger charge is -2.12. The molecule has 0 bridgehead atoms. The van der Waals surface area contributed by atoms with Crippen molar-refractivity contribution in [2.45, 2.75) is 38.3 Å². The Bertz CT molecular complexity index is 381. The van der Waals surface area contributed by atoms with Crippen molar-refractivity contribution < 1.29 is 13.2 Å². The maximum Gasteiger partial charge on any atom is 0.416 e. The van der Waals surface area contributed by atoms with Crippen LogP contribution in [0.5, 0.6) is 0 Å². The number of hydrogen-bond acceptors (Lipinski definition) is 1. The molecule has 1 saturated carbocycles. The van der Waals surface area contributed by atoms with Gasteiger partial charge in [0.2, 0.25) is 0 Å². The van der Waals surface area contributed by atoms with Crippen LogP contribution in [-0.2, 0) is 6.18 Å². The minimum Gasteiger partial charge on any atom is -0.385 e. The monoisotopic (exact) mass is 257 g/mol. The lowest BCUT2D eigenvalue weighted by Crippen LogP contribution is -2.09. The van der Waals surface area contributed by atoms with Gasteiger partial charge in [0.05, 0.1) is 5.56 Å². The van der Waals surface area contributed by atoms with E-state index in [1.54, 1.807) is 6.07 Å². The Labute approximate surface area is 105 Å². The third kappa shape index (κ3) is 3.65. The van der Waals surface area contributed by atoms with Crippen molar-refractivity contribution >= 4 is 5.69 Å². The molecular formula is C14H18F3N. The van der Waals surface area contributed by atoms with Crippen LogP contribution in [0.15, 0.2) is 24.3 Å². The second kappa shape index (κ2) is 5.63. The molecule has 0 atom stereocenters. The molecular weight excluding hydrogens is 239 g/mol. The number of anilines is 1. The highest BCUT2D eigenvalue weighted by Gasteiger charge is 2.30. The molecule has 0 unspecified atom stereocenters. The predicted octanol–water partition coefficient (Wildman–Crippen LogP) is 4.70. The van der Waals surface area contributed by atoms with Crippen LogP contribution in [0.1, 0.15) is 37.7 Å².